The summed E-state index contributed by atoms with van der Waals surface area (Å²) in [5.41, 5.74) is 1.21. The van der Waals surface area contributed by atoms with Crippen molar-refractivity contribution in [2.24, 2.45) is 0 Å². The first-order chi connectivity index (χ1) is 5.40. The van der Waals surface area contributed by atoms with E-state index in [0.717, 1.165) is 11.4 Å². The number of hydrogen-bond acceptors (Lipinski definition) is 3. The predicted molar refractivity (Wildman–Crippen MR) is 43.2 cm³/mol. The maximum atomic E-state index is 8.64. The van der Waals surface area contributed by atoms with Gasteiger partial charge in [0.15, 0.2) is 0 Å². The van der Waals surface area contributed by atoms with Crippen LogP contribution in [0.3, 0.4) is 0 Å². The van der Waals surface area contributed by atoms with Gasteiger partial charge in [0.1, 0.15) is 10.3 Å². The van der Waals surface area contributed by atoms with Crippen molar-refractivity contribution in [2.75, 3.05) is 0 Å². The predicted octanol–water partition coefficient (Wildman–Crippen LogP) is 1.62. The minimum Gasteiger partial charge on any atom is -0.250 e. The van der Waals surface area contributed by atoms with E-state index in [2.05, 4.69) is 11.1 Å². The Bertz CT molecular complexity index is 291. The molecule has 0 spiro atoms. The van der Waals surface area contributed by atoms with Gasteiger partial charge in [-0.05, 0) is 11.6 Å². The zero-order valence-electron chi connectivity index (χ0n) is 5.82. The third-order valence-corrected chi connectivity index (χ3v) is 2.80. The summed E-state index contributed by atoms with van der Waals surface area (Å²) >= 11 is 1.56. The molecular formula is C8H6N2S. The van der Waals surface area contributed by atoms with E-state index in [4.69, 9.17) is 5.26 Å². The summed E-state index contributed by atoms with van der Waals surface area (Å²) in [5.74, 6) is 0. The van der Waals surface area contributed by atoms with Crippen molar-refractivity contribution >= 4 is 11.8 Å². The Labute approximate surface area is 69.3 Å². The molecule has 0 aliphatic carbocycles. The molecule has 2 rings (SSSR count). The number of aromatic nitrogens is 1. The van der Waals surface area contributed by atoms with E-state index in [1.165, 1.54) is 5.56 Å². The van der Waals surface area contributed by atoms with Gasteiger partial charge in [-0.1, -0.05) is 17.8 Å². The van der Waals surface area contributed by atoms with Crippen molar-refractivity contribution in [3.63, 3.8) is 0 Å². The summed E-state index contributed by atoms with van der Waals surface area (Å²) in [7, 11) is 0. The van der Waals surface area contributed by atoms with Crippen LogP contribution in [0.2, 0.25) is 0 Å². The topological polar surface area (TPSA) is 36.7 Å². The van der Waals surface area contributed by atoms with E-state index in [0.29, 0.717) is 0 Å². The van der Waals surface area contributed by atoms with Crippen LogP contribution in [0.4, 0.5) is 0 Å². The lowest BCUT2D eigenvalue weighted by atomic mass is 10.2. The van der Waals surface area contributed by atoms with Crippen LogP contribution in [0.15, 0.2) is 23.4 Å². The first-order valence-corrected chi connectivity index (χ1v) is 4.28. The molecule has 11 heavy (non-hydrogen) atoms. The highest BCUT2D eigenvalue weighted by Crippen LogP contribution is 2.34. The summed E-state index contributed by atoms with van der Waals surface area (Å²) < 4.78 is 0. The number of thioether (sulfide) groups is 1. The van der Waals surface area contributed by atoms with Gasteiger partial charge in [-0.3, -0.25) is 0 Å². The quantitative estimate of drug-likeness (QED) is 0.581. The van der Waals surface area contributed by atoms with Crippen LogP contribution in [-0.2, 0) is 6.42 Å². The molecule has 1 atom stereocenters. The smallest absolute Gasteiger partial charge is 0.102 e. The summed E-state index contributed by atoms with van der Waals surface area (Å²) in [5, 5.41) is 9.75. The highest BCUT2D eigenvalue weighted by Gasteiger charge is 2.21. The molecule has 0 bridgehead atoms. The Balaban J connectivity index is 2.35. The Morgan fingerprint density at radius 3 is 3.36 bits per heavy atom. The Morgan fingerprint density at radius 2 is 2.64 bits per heavy atom. The van der Waals surface area contributed by atoms with E-state index < -0.39 is 0 Å². The highest BCUT2D eigenvalue weighted by molar-refractivity contribution is 8.00. The Morgan fingerprint density at radius 1 is 1.73 bits per heavy atom. The lowest BCUT2D eigenvalue weighted by molar-refractivity contribution is 1.00. The molecule has 1 aliphatic rings. The van der Waals surface area contributed by atoms with Gasteiger partial charge in [0, 0.05) is 12.6 Å². The minimum atomic E-state index is 0.0832. The van der Waals surface area contributed by atoms with Crippen molar-refractivity contribution in [1.29, 1.82) is 5.26 Å². The molecule has 1 aromatic rings. The zero-order valence-corrected chi connectivity index (χ0v) is 6.64. The van der Waals surface area contributed by atoms with Gasteiger partial charge in [0.2, 0.25) is 0 Å². The second-order valence-electron chi connectivity index (χ2n) is 2.41. The highest BCUT2D eigenvalue weighted by atomic mass is 32.2. The molecule has 54 valence electrons. The number of hydrogen-bond donors (Lipinski definition) is 0. The van der Waals surface area contributed by atoms with Crippen LogP contribution < -0.4 is 0 Å². The number of nitriles is 1. The fourth-order valence-corrected chi connectivity index (χ4v) is 2.14. The van der Waals surface area contributed by atoms with Gasteiger partial charge < -0.3 is 0 Å². The van der Waals surface area contributed by atoms with Gasteiger partial charge in [0.25, 0.3) is 0 Å². The average molecular weight is 162 g/mol. The summed E-state index contributed by atoms with van der Waals surface area (Å²) in [4.78, 5) is 4.17. The molecule has 1 aromatic heterocycles. The maximum absolute atomic E-state index is 8.64. The van der Waals surface area contributed by atoms with Crippen molar-refractivity contribution in [3.8, 4) is 6.07 Å². The van der Waals surface area contributed by atoms with Crippen molar-refractivity contribution < 1.29 is 0 Å². The summed E-state index contributed by atoms with van der Waals surface area (Å²) in [6.45, 7) is 0. The fourth-order valence-electron chi connectivity index (χ4n) is 1.13. The monoisotopic (exact) mass is 162 g/mol. The molecule has 1 aliphatic heterocycles. The molecule has 0 aromatic carbocycles. The minimum absolute atomic E-state index is 0.0832. The molecule has 2 nitrogen and oxygen atoms in total. The third-order valence-electron chi connectivity index (χ3n) is 1.65. The average Bonchev–Trinajstić information content (AvgIpc) is 2.46. The summed E-state index contributed by atoms with van der Waals surface area (Å²) in [6.07, 6.45) is 2.62. The molecule has 2 heterocycles. The number of nitrogens with zero attached hydrogens (tertiary/aromatic N) is 2. The van der Waals surface area contributed by atoms with Crippen molar-refractivity contribution in [3.05, 3.63) is 23.9 Å². The first-order valence-electron chi connectivity index (χ1n) is 3.40. The molecule has 0 saturated heterocycles. The van der Waals surface area contributed by atoms with Gasteiger partial charge in [-0.25, -0.2) is 4.98 Å². The zero-order chi connectivity index (χ0) is 7.68. The fraction of sp³-hybridized carbons (Fsp3) is 0.250. The van der Waals surface area contributed by atoms with Crippen LogP contribution in [0, 0.1) is 11.3 Å². The molecule has 0 fully saturated rings. The van der Waals surface area contributed by atoms with Crippen LogP contribution in [0.1, 0.15) is 5.56 Å². The Hall–Kier alpha value is -1.01. The van der Waals surface area contributed by atoms with Crippen LogP contribution in [-0.4, -0.2) is 10.2 Å². The van der Waals surface area contributed by atoms with E-state index in [9.17, 15) is 0 Å². The standard InChI is InChI=1S/C8H6N2S/c9-5-7-4-6-2-1-3-10-8(6)11-7/h1-3,7H,4H2. The largest absolute Gasteiger partial charge is 0.250 e. The van der Waals surface area contributed by atoms with Gasteiger partial charge in [-0.15, -0.1) is 0 Å². The molecule has 0 saturated carbocycles. The molecular weight excluding hydrogens is 156 g/mol. The first kappa shape index (κ1) is 6.68. The van der Waals surface area contributed by atoms with Crippen molar-refractivity contribution in [1.82, 2.24) is 4.98 Å². The normalized spacial score (nSPS) is 20.8. The second kappa shape index (κ2) is 2.55. The van der Waals surface area contributed by atoms with E-state index in [-0.39, 0.29) is 5.25 Å². The van der Waals surface area contributed by atoms with Crippen LogP contribution in [0.25, 0.3) is 0 Å². The lowest BCUT2D eigenvalue weighted by Gasteiger charge is -1.90. The maximum Gasteiger partial charge on any atom is 0.102 e. The Kier molecular flexibility index (Phi) is 1.55. The number of rotatable bonds is 0. The van der Waals surface area contributed by atoms with E-state index in [1.807, 2.05) is 12.1 Å². The van der Waals surface area contributed by atoms with Crippen LogP contribution in [0.5, 0.6) is 0 Å². The third kappa shape index (κ3) is 1.10. The summed E-state index contributed by atoms with van der Waals surface area (Å²) in [6, 6.07) is 6.18. The molecule has 0 N–H and O–H groups in total. The molecule has 0 amide bonds. The lowest BCUT2D eigenvalue weighted by Crippen LogP contribution is -1.93. The SMILES string of the molecule is N#CC1Cc2cccnc2S1. The second-order valence-corrected chi connectivity index (χ2v) is 3.60. The van der Waals surface area contributed by atoms with Gasteiger partial charge in [-0.2, -0.15) is 5.26 Å². The molecule has 3 heteroatoms. The molecule has 1 unspecified atom stereocenters. The van der Waals surface area contributed by atoms with Crippen molar-refractivity contribution in [2.45, 2.75) is 16.7 Å². The van der Waals surface area contributed by atoms with E-state index >= 15 is 0 Å². The van der Waals surface area contributed by atoms with Gasteiger partial charge >= 0.3 is 0 Å². The molecule has 0 radical (unpaired) electrons. The van der Waals surface area contributed by atoms with E-state index in [1.54, 1.807) is 18.0 Å². The number of pyridine rings is 1. The number of fused-ring (bicyclic) bond motifs is 1. The van der Waals surface area contributed by atoms with Crippen LogP contribution >= 0.6 is 11.8 Å². The van der Waals surface area contributed by atoms with Gasteiger partial charge in [0.05, 0.1) is 6.07 Å².